The second-order valence-corrected chi connectivity index (χ2v) is 6.28. The smallest absolute Gasteiger partial charge is 0.247 e. The largest absolute Gasteiger partial charge is 0.496 e. The average molecular weight is 365 g/mol. The zero-order valence-electron chi connectivity index (χ0n) is 15.6. The molecule has 1 N–H and O–H groups in total. The lowest BCUT2D eigenvalue weighted by Gasteiger charge is -2.10. The lowest BCUT2D eigenvalue weighted by atomic mass is 10.1. The Morgan fingerprint density at radius 3 is 2.70 bits per heavy atom. The Morgan fingerprint density at radius 1 is 1.11 bits per heavy atom. The third-order valence-corrected chi connectivity index (χ3v) is 4.21. The lowest BCUT2D eigenvalue weighted by Crippen LogP contribution is -2.26. The van der Waals surface area contributed by atoms with Crippen LogP contribution in [0.5, 0.6) is 5.75 Å². The summed E-state index contributed by atoms with van der Waals surface area (Å²) in [5, 5.41) is 11.0. The summed E-state index contributed by atoms with van der Waals surface area (Å²) in [4.78, 5) is 12.1. The number of carbonyl (C=O) groups excluding carboxylic acids is 1. The SMILES string of the molecule is COc1ccc(C)cc1CCNC(=O)CCc1nnc(-c2ccccc2)o1. The minimum Gasteiger partial charge on any atom is -0.496 e. The average Bonchev–Trinajstić information content (AvgIpc) is 3.16. The van der Waals surface area contributed by atoms with Crippen molar-refractivity contribution in [2.45, 2.75) is 26.2 Å². The zero-order chi connectivity index (χ0) is 19.1. The molecule has 6 nitrogen and oxygen atoms in total. The third kappa shape index (κ3) is 5.17. The number of aryl methyl sites for hydroxylation is 2. The molecular weight excluding hydrogens is 342 g/mol. The van der Waals surface area contributed by atoms with Crippen molar-refractivity contribution in [3.63, 3.8) is 0 Å². The molecular formula is C21H23N3O3. The van der Waals surface area contributed by atoms with Crippen molar-refractivity contribution in [1.82, 2.24) is 15.5 Å². The summed E-state index contributed by atoms with van der Waals surface area (Å²) in [6.45, 7) is 2.59. The molecule has 0 radical (unpaired) electrons. The Balaban J connectivity index is 1.45. The van der Waals surface area contributed by atoms with Crippen LogP contribution in [-0.2, 0) is 17.6 Å². The molecule has 3 rings (SSSR count). The van der Waals surface area contributed by atoms with Crippen LogP contribution in [0.15, 0.2) is 52.9 Å². The summed E-state index contributed by atoms with van der Waals surface area (Å²) in [5.74, 6) is 1.73. The van der Waals surface area contributed by atoms with Gasteiger partial charge in [0.25, 0.3) is 0 Å². The van der Waals surface area contributed by atoms with Crippen LogP contribution in [-0.4, -0.2) is 29.8 Å². The number of methoxy groups -OCH3 is 1. The number of amides is 1. The van der Waals surface area contributed by atoms with E-state index in [0.29, 0.717) is 31.2 Å². The minimum absolute atomic E-state index is 0.0407. The molecule has 0 aliphatic heterocycles. The monoisotopic (exact) mass is 365 g/mol. The van der Waals surface area contributed by atoms with E-state index in [1.807, 2.05) is 49.4 Å². The molecule has 0 unspecified atom stereocenters. The first-order valence-electron chi connectivity index (χ1n) is 8.93. The fourth-order valence-corrected chi connectivity index (χ4v) is 2.80. The van der Waals surface area contributed by atoms with Gasteiger partial charge in [-0.3, -0.25) is 4.79 Å². The van der Waals surface area contributed by atoms with Crippen molar-refractivity contribution in [2.24, 2.45) is 0 Å². The highest BCUT2D eigenvalue weighted by Gasteiger charge is 2.10. The summed E-state index contributed by atoms with van der Waals surface area (Å²) < 4.78 is 11.0. The predicted octanol–water partition coefficient (Wildman–Crippen LogP) is 3.35. The van der Waals surface area contributed by atoms with Gasteiger partial charge in [-0.1, -0.05) is 35.9 Å². The van der Waals surface area contributed by atoms with Gasteiger partial charge in [0.1, 0.15) is 5.75 Å². The molecule has 1 amide bonds. The first-order chi connectivity index (χ1) is 13.2. The van der Waals surface area contributed by atoms with Crippen molar-refractivity contribution >= 4 is 5.91 Å². The van der Waals surface area contributed by atoms with E-state index in [0.717, 1.165) is 23.3 Å². The number of hydrogen-bond donors (Lipinski definition) is 1. The Bertz CT molecular complexity index is 891. The topological polar surface area (TPSA) is 77.2 Å². The first-order valence-corrected chi connectivity index (χ1v) is 8.93. The second-order valence-electron chi connectivity index (χ2n) is 6.28. The van der Waals surface area contributed by atoms with E-state index >= 15 is 0 Å². The van der Waals surface area contributed by atoms with Gasteiger partial charge in [-0.25, -0.2) is 0 Å². The molecule has 0 atom stereocenters. The van der Waals surface area contributed by atoms with Crippen LogP contribution in [0.3, 0.4) is 0 Å². The van der Waals surface area contributed by atoms with Crippen LogP contribution in [0.2, 0.25) is 0 Å². The summed E-state index contributed by atoms with van der Waals surface area (Å²) in [5.41, 5.74) is 3.12. The molecule has 140 valence electrons. The van der Waals surface area contributed by atoms with Crippen molar-refractivity contribution in [3.05, 3.63) is 65.5 Å². The van der Waals surface area contributed by atoms with Gasteiger partial charge in [0.2, 0.25) is 17.7 Å². The Labute approximate surface area is 158 Å². The Hall–Kier alpha value is -3.15. The van der Waals surface area contributed by atoms with Crippen molar-refractivity contribution in [1.29, 1.82) is 0 Å². The molecule has 0 fully saturated rings. The molecule has 1 aromatic heterocycles. The number of rotatable bonds is 8. The van der Waals surface area contributed by atoms with Crippen LogP contribution >= 0.6 is 0 Å². The summed E-state index contributed by atoms with van der Waals surface area (Å²) in [6.07, 6.45) is 1.44. The molecule has 0 bridgehead atoms. The van der Waals surface area contributed by atoms with Gasteiger partial charge in [-0.2, -0.15) is 0 Å². The minimum atomic E-state index is -0.0407. The van der Waals surface area contributed by atoms with Crippen LogP contribution in [0, 0.1) is 6.92 Å². The molecule has 2 aromatic carbocycles. The van der Waals surface area contributed by atoms with E-state index < -0.39 is 0 Å². The number of benzene rings is 2. The fraction of sp³-hybridized carbons (Fsp3) is 0.286. The highest BCUT2D eigenvalue weighted by molar-refractivity contribution is 5.76. The quantitative estimate of drug-likeness (QED) is 0.662. The van der Waals surface area contributed by atoms with Gasteiger partial charge in [0, 0.05) is 24.9 Å². The van der Waals surface area contributed by atoms with E-state index in [9.17, 15) is 4.79 Å². The van der Waals surface area contributed by atoms with Gasteiger partial charge in [0.05, 0.1) is 7.11 Å². The lowest BCUT2D eigenvalue weighted by molar-refractivity contribution is -0.121. The molecule has 0 aliphatic carbocycles. The molecule has 0 aliphatic rings. The molecule has 0 saturated heterocycles. The van der Waals surface area contributed by atoms with Crippen LogP contribution < -0.4 is 10.1 Å². The van der Waals surface area contributed by atoms with Crippen LogP contribution in [0.1, 0.15) is 23.4 Å². The maximum atomic E-state index is 12.1. The van der Waals surface area contributed by atoms with Crippen molar-refractivity contribution in [3.8, 4) is 17.2 Å². The van der Waals surface area contributed by atoms with E-state index in [-0.39, 0.29) is 5.91 Å². The van der Waals surface area contributed by atoms with Crippen LogP contribution in [0.25, 0.3) is 11.5 Å². The number of ether oxygens (including phenoxy) is 1. The van der Waals surface area contributed by atoms with Gasteiger partial charge in [-0.05, 0) is 37.1 Å². The van der Waals surface area contributed by atoms with E-state index in [2.05, 4.69) is 21.6 Å². The second kappa shape index (κ2) is 8.98. The molecule has 0 spiro atoms. The first kappa shape index (κ1) is 18.6. The third-order valence-electron chi connectivity index (χ3n) is 4.21. The number of nitrogens with zero attached hydrogens (tertiary/aromatic N) is 2. The van der Waals surface area contributed by atoms with E-state index in [4.69, 9.17) is 9.15 Å². The molecule has 6 heteroatoms. The highest BCUT2D eigenvalue weighted by Crippen LogP contribution is 2.20. The van der Waals surface area contributed by atoms with E-state index in [1.165, 1.54) is 5.56 Å². The van der Waals surface area contributed by atoms with Gasteiger partial charge < -0.3 is 14.5 Å². The maximum absolute atomic E-state index is 12.1. The summed E-state index contributed by atoms with van der Waals surface area (Å²) >= 11 is 0. The molecule has 27 heavy (non-hydrogen) atoms. The number of nitrogens with one attached hydrogen (secondary N) is 1. The fourth-order valence-electron chi connectivity index (χ4n) is 2.80. The maximum Gasteiger partial charge on any atom is 0.247 e. The Kier molecular flexibility index (Phi) is 6.20. The van der Waals surface area contributed by atoms with Crippen molar-refractivity contribution in [2.75, 3.05) is 13.7 Å². The normalized spacial score (nSPS) is 10.6. The van der Waals surface area contributed by atoms with Gasteiger partial charge in [0.15, 0.2) is 0 Å². The molecule has 1 heterocycles. The zero-order valence-corrected chi connectivity index (χ0v) is 15.6. The van der Waals surface area contributed by atoms with Crippen molar-refractivity contribution < 1.29 is 13.9 Å². The summed E-state index contributed by atoms with van der Waals surface area (Å²) in [6, 6.07) is 15.6. The standard InChI is InChI=1S/C21H23N3O3/c1-15-8-9-18(26-2)17(14-15)12-13-22-19(25)10-11-20-23-24-21(27-20)16-6-4-3-5-7-16/h3-9,14H,10-13H2,1-2H3,(H,22,25). The number of hydrogen-bond acceptors (Lipinski definition) is 5. The summed E-state index contributed by atoms with van der Waals surface area (Å²) in [7, 11) is 1.65. The molecule has 0 saturated carbocycles. The molecule has 3 aromatic rings. The van der Waals surface area contributed by atoms with Gasteiger partial charge in [-0.15, -0.1) is 10.2 Å². The van der Waals surface area contributed by atoms with Gasteiger partial charge >= 0.3 is 0 Å². The van der Waals surface area contributed by atoms with Crippen LogP contribution in [0.4, 0.5) is 0 Å². The van der Waals surface area contributed by atoms with E-state index in [1.54, 1.807) is 7.11 Å². The number of aromatic nitrogens is 2. The highest BCUT2D eigenvalue weighted by atomic mass is 16.5. The Morgan fingerprint density at radius 2 is 1.93 bits per heavy atom. The number of carbonyl (C=O) groups is 1. The predicted molar refractivity (Wildman–Crippen MR) is 102 cm³/mol.